The lowest BCUT2D eigenvalue weighted by Crippen LogP contribution is -1.86. The molecule has 0 saturated carbocycles. The van der Waals surface area contributed by atoms with Gasteiger partial charge in [-0.15, -0.1) is 0 Å². The Morgan fingerprint density at radius 2 is 1.81 bits per heavy atom. The Morgan fingerprint density at radius 3 is 2.69 bits per heavy atom. The Bertz CT molecular complexity index is 740. The molecule has 0 fully saturated rings. The number of hydrogen-bond donors (Lipinski definition) is 1. The van der Waals surface area contributed by atoms with Crippen molar-refractivity contribution >= 4 is 33.9 Å². The van der Waals surface area contributed by atoms with Gasteiger partial charge in [0.1, 0.15) is 0 Å². The van der Waals surface area contributed by atoms with Gasteiger partial charge in [0.05, 0.1) is 5.52 Å². The standard InChI is InChI=1S/C14H11NS/c1-9-8-13(16)12-7-6-10-4-2-3-5-11(10)14(12)15-9/h2-8H,1H3,(H,15,16). The van der Waals surface area contributed by atoms with Crippen molar-refractivity contribution in [1.29, 1.82) is 0 Å². The number of H-pyrrole nitrogens is 1. The summed E-state index contributed by atoms with van der Waals surface area (Å²) < 4.78 is 0.914. The molecule has 16 heavy (non-hydrogen) atoms. The second-order valence-corrected chi connectivity index (χ2v) is 4.47. The van der Waals surface area contributed by atoms with E-state index in [0.717, 1.165) is 21.1 Å². The minimum absolute atomic E-state index is 0.914. The van der Waals surface area contributed by atoms with E-state index in [1.807, 2.05) is 13.0 Å². The van der Waals surface area contributed by atoms with Crippen LogP contribution in [0.2, 0.25) is 0 Å². The third-order valence-corrected chi connectivity index (χ3v) is 3.20. The summed E-state index contributed by atoms with van der Waals surface area (Å²) in [5.74, 6) is 0. The molecule has 78 valence electrons. The van der Waals surface area contributed by atoms with E-state index in [1.54, 1.807) is 0 Å². The fraction of sp³-hybridized carbons (Fsp3) is 0.0714. The van der Waals surface area contributed by atoms with Crippen LogP contribution in [0.1, 0.15) is 5.69 Å². The third kappa shape index (κ3) is 1.34. The van der Waals surface area contributed by atoms with E-state index in [1.165, 1.54) is 10.8 Å². The molecule has 1 nitrogen and oxygen atoms in total. The number of benzene rings is 2. The van der Waals surface area contributed by atoms with Crippen LogP contribution in [-0.2, 0) is 0 Å². The Hall–Kier alpha value is -1.67. The molecular weight excluding hydrogens is 214 g/mol. The number of rotatable bonds is 0. The van der Waals surface area contributed by atoms with Gasteiger partial charge in [-0.1, -0.05) is 48.6 Å². The first kappa shape index (κ1) is 9.55. The van der Waals surface area contributed by atoms with Crippen molar-refractivity contribution in [3.63, 3.8) is 0 Å². The summed E-state index contributed by atoms with van der Waals surface area (Å²) in [5, 5.41) is 3.60. The number of pyridine rings is 1. The molecule has 2 aromatic carbocycles. The maximum absolute atomic E-state index is 5.38. The zero-order valence-corrected chi connectivity index (χ0v) is 9.77. The summed E-state index contributed by atoms with van der Waals surface area (Å²) in [6, 6.07) is 14.6. The highest BCUT2D eigenvalue weighted by atomic mass is 32.1. The maximum Gasteiger partial charge on any atom is 0.0549 e. The van der Waals surface area contributed by atoms with Crippen molar-refractivity contribution in [2.45, 2.75) is 6.92 Å². The number of aromatic amines is 1. The minimum atomic E-state index is 0.914. The predicted molar refractivity (Wildman–Crippen MR) is 71.4 cm³/mol. The molecule has 0 saturated heterocycles. The quantitative estimate of drug-likeness (QED) is 0.444. The maximum atomic E-state index is 5.38. The van der Waals surface area contributed by atoms with E-state index in [-0.39, 0.29) is 0 Å². The van der Waals surface area contributed by atoms with Crippen molar-refractivity contribution in [2.75, 3.05) is 0 Å². The first-order valence-corrected chi connectivity index (χ1v) is 5.68. The zero-order valence-electron chi connectivity index (χ0n) is 8.95. The lowest BCUT2D eigenvalue weighted by Gasteiger charge is -2.05. The summed E-state index contributed by atoms with van der Waals surface area (Å²) in [6.45, 7) is 2.04. The van der Waals surface area contributed by atoms with Crippen LogP contribution in [0.25, 0.3) is 21.7 Å². The number of hydrogen-bond acceptors (Lipinski definition) is 1. The highest BCUT2D eigenvalue weighted by Crippen LogP contribution is 2.24. The molecule has 1 N–H and O–H groups in total. The smallest absolute Gasteiger partial charge is 0.0549 e. The molecule has 0 unspecified atom stereocenters. The molecule has 3 aromatic rings. The Labute approximate surface area is 98.7 Å². The molecule has 2 heteroatoms. The van der Waals surface area contributed by atoms with Gasteiger partial charge in [-0.05, 0) is 18.4 Å². The normalized spacial score (nSPS) is 11.1. The third-order valence-electron chi connectivity index (χ3n) is 2.86. The van der Waals surface area contributed by atoms with Crippen LogP contribution in [0.3, 0.4) is 0 Å². The van der Waals surface area contributed by atoms with E-state index in [0.29, 0.717) is 0 Å². The van der Waals surface area contributed by atoms with Crippen LogP contribution >= 0.6 is 12.2 Å². The van der Waals surface area contributed by atoms with Gasteiger partial charge < -0.3 is 4.98 Å². The van der Waals surface area contributed by atoms with Gasteiger partial charge in [0.25, 0.3) is 0 Å². The fourth-order valence-electron chi connectivity index (χ4n) is 2.12. The largest absolute Gasteiger partial charge is 0.358 e. The first-order chi connectivity index (χ1) is 7.75. The van der Waals surface area contributed by atoms with Crippen LogP contribution in [0.4, 0.5) is 0 Å². The van der Waals surface area contributed by atoms with Gasteiger partial charge in [-0.25, -0.2) is 0 Å². The topological polar surface area (TPSA) is 15.8 Å². The van der Waals surface area contributed by atoms with E-state index < -0.39 is 0 Å². The van der Waals surface area contributed by atoms with Gasteiger partial charge in [0.15, 0.2) is 0 Å². The van der Waals surface area contributed by atoms with Gasteiger partial charge in [-0.3, -0.25) is 0 Å². The van der Waals surface area contributed by atoms with Gasteiger partial charge in [0.2, 0.25) is 0 Å². The molecule has 0 radical (unpaired) electrons. The summed E-state index contributed by atoms with van der Waals surface area (Å²) in [7, 11) is 0. The second kappa shape index (κ2) is 3.42. The van der Waals surface area contributed by atoms with Crippen molar-refractivity contribution in [3.05, 3.63) is 52.7 Å². The molecule has 0 bridgehead atoms. The van der Waals surface area contributed by atoms with Crippen LogP contribution in [0.5, 0.6) is 0 Å². The molecule has 0 aliphatic rings. The Kier molecular flexibility index (Phi) is 2.04. The Morgan fingerprint density at radius 1 is 1.00 bits per heavy atom. The molecule has 3 rings (SSSR count). The number of aryl methyl sites for hydroxylation is 1. The Balaban J connectivity index is 2.65. The van der Waals surface area contributed by atoms with Crippen LogP contribution in [0.15, 0.2) is 42.5 Å². The zero-order chi connectivity index (χ0) is 11.1. The molecule has 0 amide bonds. The van der Waals surface area contributed by atoms with Gasteiger partial charge >= 0.3 is 0 Å². The van der Waals surface area contributed by atoms with E-state index in [2.05, 4.69) is 41.4 Å². The minimum Gasteiger partial charge on any atom is -0.358 e. The highest BCUT2D eigenvalue weighted by molar-refractivity contribution is 7.71. The monoisotopic (exact) mass is 225 g/mol. The van der Waals surface area contributed by atoms with E-state index in [4.69, 9.17) is 12.2 Å². The SMILES string of the molecule is Cc1cc(=S)c2ccc3ccccc3c2[nH]1. The van der Waals surface area contributed by atoms with Gasteiger partial charge in [-0.2, -0.15) is 0 Å². The number of nitrogens with one attached hydrogen (secondary N) is 1. The van der Waals surface area contributed by atoms with Crippen molar-refractivity contribution in [3.8, 4) is 0 Å². The summed E-state index contributed by atoms with van der Waals surface area (Å²) in [5.41, 5.74) is 2.25. The fourth-order valence-corrected chi connectivity index (χ4v) is 2.47. The number of fused-ring (bicyclic) bond motifs is 3. The van der Waals surface area contributed by atoms with E-state index in [9.17, 15) is 0 Å². The number of aromatic nitrogens is 1. The van der Waals surface area contributed by atoms with Crippen LogP contribution in [-0.4, -0.2) is 4.98 Å². The second-order valence-electron chi connectivity index (χ2n) is 4.03. The molecule has 0 aliphatic heterocycles. The molecule has 0 atom stereocenters. The molecule has 0 aliphatic carbocycles. The van der Waals surface area contributed by atoms with Gasteiger partial charge in [0, 0.05) is 21.0 Å². The van der Waals surface area contributed by atoms with Crippen LogP contribution < -0.4 is 0 Å². The van der Waals surface area contributed by atoms with Crippen molar-refractivity contribution in [2.24, 2.45) is 0 Å². The van der Waals surface area contributed by atoms with E-state index >= 15 is 0 Å². The summed E-state index contributed by atoms with van der Waals surface area (Å²) in [4.78, 5) is 3.41. The molecule has 1 aromatic heterocycles. The highest BCUT2D eigenvalue weighted by Gasteiger charge is 2.01. The van der Waals surface area contributed by atoms with Crippen molar-refractivity contribution < 1.29 is 0 Å². The average Bonchev–Trinajstić information content (AvgIpc) is 2.28. The lowest BCUT2D eigenvalue weighted by atomic mass is 10.1. The molecular formula is C14H11NS. The molecule has 1 heterocycles. The first-order valence-electron chi connectivity index (χ1n) is 5.27. The lowest BCUT2D eigenvalue weighted by molar-refractivity contribution is 1.26. The molecule has 0 spiro atoms. The van der Waals surface area contributed by atoms with Crippen molar-refractivity contribution in [1.82, 2.24) is 4.98 Å². The summed E-state index contributed by atoms with van der Waals surface area (Å²) in [6.07, 6.45) is 0. The average molecular weight is 225 g/mol. The predicted octanol–water partition coefficient (Wildman–Crippen LogP) is 4.36. The van der Waals surface area contributed by atoms with Crippen LogP contribution in [0, 0.1) is 11.4 Å². The summed E-state index contributed by atoms with van der Waals surface area (Å²) >= 11 is 5.38.